The molecule has 0 saturated heterocycles. The first kappa shape index (κ1) is 21.6. The fourth-order valence-corrected chi connectivity index (χ4v) is 4.17. The van der Waals surface area contributed by atoms with Crippen molar-refractivity contribution in [2.75, 3.05) is 18.4 Å². The number of fused-ring (bicyclic) bond motifs is 1. The Balaban J connectivity index is 1.56. The van der Waals surface area contributed by atoms with Crippen LogP contribution >= 0.6 is 11.6 Å². The molecule has 1 aliphatic rings. The summed E-state index contributed by atoms with van der Waals surface area (Å²) in [5.74, 6) is 1.32. The third-order valence-corrected chi connectivity index (χ3v) is 6.19. The Morgan fingerprint density at radius 1 is 1.18 bits per heavy atom. The summed E-state index contributed by atoms with van der Waals surface area (Å²) in [6.45, 7) is 1.29. The number of pyridine rings is 1. The second-order valence-corrected chi connectivity index (χ2v) is 8.79. The van der Waals surface area contributed by atoms with E-state index in [9.17, 15) is 4.79 Å². The number of Topliss-reactive ketones (excluding diaryl/α,β-unsaturated/α-hetero) is 1. The summed E-state index contributed by atoms with van der Waals surface area (Å²) >= 11 is 6.55. The van der Waals surface area contributed by atoms with Crippen molar-refractivity contribution in [3.63, 3.8) is 0 Å². The molecule has 0 radical (unpaired) electrons. The van der Waals surface area contributed by atoms with Crippen LogP contribution in [0.2, 0.25) is 5.02 Å². The van der Waals surface area contributed by atoms with Gasteiger partial charge in [-0.05, 0) is 56.0 Å². The number of aromatic nitrogens is 4. The topological polar surface area (TPSA) is 98.2 Å². The van der Waals surface area contributed by atoms with Crippen LogP contribution in [0, 0.1) is 5.92 Å². The molecule has 1 fully saturated rings. The molecule has 1 aromatic carbocycles. The zero-order valence-electron chi connectivity index (χ0n) is 18.2. The van der Waals surface area contributed by atoms with Crippen LogP contribution in [0.4, 0.5) is 5.82 Å². The maximum absolute atomic E-state index is 12.6. The van der Waals surface area contributed by atoms with Crippen LogP contribution in [0.1, 0.15) is 36.0 Å². The first-order valence-electron chi connectivity index (χ1n) is 11.2. The minimum Gasteiger partial charge on any atom is -0.367 e. The third-order valence-electron chi connectivity index (χ3n) is 5.88. The molecule has 0 atom stereocenters. The molecule has 168 valence electrons. The largest absolute Gasteiger partial charge is 0.367 e. The van der Waals surface area contributed by atoms with Gasteiger partial charge in [0.25, 0.3) is 0 Å². The second-order valence-electron chi connectivity index (χ2n) is 8.38. The van der Waals surface area contributed by atoms with Gasteiger partial charge in [0, 0.05) is 48.2 Å². The molecule has 0 amide bonds. The molecule has 5 rings (SSSR count). The van der Waals surface area contributed by atoms with Gasteiger partial charge in [-0.25, -0.2) is 9.97 Å². The zero-order valence-corrected chi connectivity index (χ0v) is 18.9. The third kappa shape index (κ3) is 4.60. The predicted octanol–water partition coefficient (Wildman–Crippen LogP) is 4.86. The lowest BCUT2D eigenvalue weighted by Gasteiger charge is -2.11. The summed E-state index contributed by atoms with van der Waals surface area (Å²) in [5, 5.41) is 3.83. The van der Waals surface area contributed by atoms with Gasteiger partial charge in [0.2, 0.25) is 0 Å². The van der Waals surface area contributed by atoms with Crippen molar-refractivity contribution >= 4 is 28.8 Å². The standard InChI is InChI=1S/C25H25ClN6O/c26-20-13-18(4-5-19(20)23(33)12-16-2-3-16)22-14-30-25-24(29-9-1-8-27)31-21(15-32(22)25)17-6-10-28-11-7-17/h4-7,10-11,13-16H,1-3,8-9,12,27H2,(H,29,31). The highest BCUT2D eigenvalue weighted by Crippen LogP contribution is 2.35. The van der Waals surface area contributed by atoms with E-state index in [-0.39, 0.29) is 5.78 Å². The first-order valence-corrected chi connectivity index (χ1v) is 11.6. The molecule has 0 aliphatic heterocycles. The highest BCUT2D eigenvalue weighted by molar-refractivity contribution is 6.34. The average Bonchev–Trinajstić information content (AvgIpc) is 3.54. The summed E-state index contributed by atoms with van der Waals surface area (Å²) < 4.78 is 2.00. The van der Waals surface area contributed by atoms with Crippen LogP contribution in [0.5, 0.6) is 0 Å². The number of hydrogen-bond acceptors (Lipinski definition) is 6. The number of nitrogens with one attached hydrogen (secondary N) is 1. The summed E-state index contributed by atoms with van der Waals surface area (Å²) in [6.07, 6.45) is 10.9. The first-order chi connectivity index (χ1) is 16.1. The SMILES string of the molecule is NCCCNc1nc(-c2ccncc2)cn2c(-c3ccc(C(=O)CC4CC4)c(Cl)c3)cnc12. The molecule has 7 nitrogen and oxygen atoms in total. The lowest BCUT2D eigenvalue weighted by Crippen LogP contribution is -2.11. The predicted molar refractivity (Wildman–Crippen MR) is 130 cm³/mol. The molecular formula is C25H25ClN6O. The van der Waals surface area contributed by atoms with E-state index in [2.05, 4.69) is 15.3 Å². The van der Waals surface area contributed by atoms with Crippen LogP contribution in [-0.4, -0.2) is 38.2 Å². The Kier molecular flexibility index (Phi) is 6.07. The van der Waals surface area contributed by atoms with Crippen LogP contribution in [0.3, 0.4) is 0 Å². The van der Waals surface area contributed by atoms with Gasteiger partial charge in [0.1, 0.15) is 0 Å². The van der Waals surface area contributed by atoms with Crippen LogP contribution in [0.25, 0.3) is 28.2 Å². The summed E-state index contributed by atoms with van der Waals surface area (Å²) in [6, 6.07) is 9.45. The summed E-state index contributed by atoms with van der Waals surface area (Å²) in [5.41, 5.74) is 10.5. The van der Waals surface area contributed by atoms with Crippen LogP contribution in [0.15, 0.2) is 55.1 Å². The number of nitrogens with two attached hydrogens (primary N) is 1. The van der Waals surface area contributed by atoms with E-state index >= 15 is 0 Å². The maximum Gasteiger partial charge on any atom is 0.180 e. The van der Waals surface area contributed by atoms with Crippen molar-refractivity contribution in [2.24, 2.45) is 11.7 Å². The quantitative estimate of drug-likeness (QED) is 0.273. The smallest absolute Gasteiger partial charge is 0.180 e. The van der Waals surface area contributed by atoms with Crippen molar-refractivity contribution < 1.29 is 4.79 Å². The number of rotatable bonds is 9. The number of carbonyl (C=O) groups is 1. The number of halogens is 1. The van der Waals surface area contributed by atoms with Gasteiger partial charge in [-0.15, -0.1) is 0 Å². The van der Waals surface area contributed by atoms with Crippen LogP contribution < -0.4 is 11.1 Å². The summed E-state index contributed by atoms with van der Waals surface area (Å²) in [7, 11) is 0. The van der Waals surface area contributed by atoms with E-state index in [1.54, 1.807) is 18.6 Å². The molecule has 3 aromatic heterocycles. The maximum atomic E-state index is 12.6. The van der Waals surface area contributed by atoms with Gasteiger partial charge < -0.3 is 11.1 Å². The Labute approximate surface area is 197 Å². The zero-order chi connectivity index (χ0) is 22.8. The van der Waals surface area contributed by atoms with Crippen molar-refractivity contribution in [3.8, 4) is 22.5 Å². The molecular weight excluding hydrogens is 436 g/mol. The number of anilines is 1. The molecule has 4 aromatic rings. The highest BCUT2D eigenvalue weighted by atomic mass is 35.5. The van der Waals surface area contributed by atoms with Crippen molar-refractivity contribution in [2.45, 2.75) is 25.7 Å². The van der Waals surface area contributed by atoms with Crippen molar-refractivity contribution in [1.82, 2.24) is 19.4 Å². The van der Waals surface area contributed by atoms with Gasteiger partial charge in [0.15, 0.2) is 17.2 Å². The molecule has 33 heavy (non-hydrogen) atoms. The van der Waals surface area contributed by atoms with Gasteiger partial charge in [0.05, 0.1) is 22.6 Å². The molecule has 1 aliphatic carbocycles. The lowest BCUT2D eigenvalue weighted by atomic mass is 10.0. The fourth-order valence-electron chi connectivity index (χ4n) is 3.89. The number of ketones is 1. The minimum atomic E-state index is 0.114. The molecule has 0 spiro atoms. The number of hydrogen-bond donors (Lipinski definition) is 2. The van der Waals surface area contributed by atoms with E-state index in [1.807, 2.05) is 40.9 Å². The Bertz CT molecular complexity index is 1300. The number of benzene rings is 1. The normalized spacial score (nSPS) is 13.4. The monoisotopic (exact) mass is 460 g/mol. The molecule has 3 heterocycles. The molecule has 8 heteroatoms. The Hall–Kier alpha value is -3.29. The summed E-state index contributed by atoms with van der Waals surface area (Å²) in [4.78, 5) is 26.1. The number of nitrogens with zero attached hydrogens (tertiary/aromatic N) is 4. The van der Waals surface area contributed by atoms with Gasteiger partial charge in [-0.1, -0.05) is 17.7 Å². The molecule has 0 unspecified atom stereocenters. The van der Waals surface area contributed by atoms with E-state index in [1.165, 1.54) is 0 Å². The highest BCUT2D eigenvalue weighted by Gasteiger charge is 2.26. The van der Waals surface area contributed by atoms with Gasteiger partial charge in [-0.2, -0.15) is 0 Å². The van der Waals surface area contributed by atoms with Crippen molar-refractivity contribution in [3.05, 3.63) is 65.7 Å². The Morgan fingerprint density at radius 2 is 2.00 bits per heavy atom. The molecule has 0 bridgehead atoms. The van der Waals surface area contributed by atoms with E-state index < -0.39 is 0 Å². The van der Waals surface area contributed by atoms with E-state index in [4.69, 9.17) is 22.3 Å². The Morgan fingerprint density at radius 3 is 2.73 bits per heavy atom. The lowest BCUT2D eigenvalue weighted by molar-refractivity contribution is 0.0976. The van der Waals surface area contributed by atoms with E-state index in [0.29, 0.717) is 47.5 Å². The van der Waals surface area contributed by atoms with Crippen molar-refractivity contribution in [1.29, 1.82) is 0 Å². The van der Waals surface area contributed by atoms with Crippen LogP contribution in [-0.2, 0) is 0 Å². The van der Waals surface area contributed by atoms with Gasteiger partial charge >= 0.3 is 0 Å². The number of imidazole rings is 1. The number of carbonyl (C=O) groups excluding carboxylic acids is 1. The minimum absolute atomic E-state index is 0.114. The fraction of sp³-hybridized carbons (Fsp3) is 0.280. The second kappa shape index (κ2) is 9.29. The molecule has 1 saturated carbocycles. The average molecular weight is 461 g/mol. The van der Waals surface area contributed by atoms with E-state index in [0.717, 1.165) is 41.8 Å². The molecule has 3 N–H and O–H groups in total. The van der Waals surface area contributed by atoms with Gasteiger partial charge in [-0.3, -0.25) is 14.2 Å².